The molecule has 1 atom stereocenters. The van der Waals surface area contributed by atoms with Crippen LogP contribution in [0.15, 0.2) is 30.6 Å². The fourth-order valence-electron chi connectivity index (χ4n) is 3.49. The molecule has 0 fully saturated rings. The van der Waals surface area contributed by atoms with Crippen LogP contribution >= 0.6 is 0 Å². The minimum Gasteiger partial charge on any atom is -0.353 e. The zero-order chi connectivity index (χ0) is 18.4. The molecule has 2 aromatic heterocycles. The summed E-state index contributed by atoms with van der Waals surface area (Å²) in [6, 6.07) is 8.22. The Balaban J connectivity index is 1.66. The second-order valence-electron chi connectivity index (χ2n) is 6.67. The Hall–Kier alpha value is -1.98. The first-order valence-electron chi connectivity index (χ1n) is 9.69. The van der Waals surface area contributed by atoms with Gasteiger partial charge in [-0.2, -0.15) is 0 Å². The molecule has 26 heavy (non-hydrogen) atoms. The number of unbranched alkanes of at least 4 members (excludes halogenated alkanes) is 1. The van der Waals surface area contributed by atoms with Crippen LogP contribution in [0.5, 0.6) is 0 Å². The van der Waals surface area contributed by atoms with Crippen molar-refractivity contribution in [2.24, 2.45) is 0 Å². The number of aromatic nitrogens is 3. The van der Waals surface area contributed by atoms with E-state index in [4.69, 9.17) is 14.5 Å². The highest BCUT2D eigenvalue weighted by atomic mass is 16.7. The van der Waals surface area contributed by atoms with Crippen LogP contribution in [0.1, 0.15) is 58.1 Å². The van der Waals surface area contributed by atoms with Crippen LogP contribution in [0, 0.1) is 0 Å². The molecule has 0 aliphatic rings. The molecule has 1 unspecified atom stereocenters. The number of hydrogen-bond donors (Lipinski definition) is 1. The molecule has 5 heteroatoms. The summed E-state index contributed by atoms with van der Waals surface area (Å²) in [7, 11) is 0. The topological polar surface area (TPSA) is 60.0 Å². The molecule has 0 spiro atoms. The van der Waals surface area contributed by atoms with E-state index in [1.54, 1.807) is 6.33 Å². The lowest BCUT2D eigenvalue weighted by atomic mass is 9.97. The van der Waals surface area contributed by atoms with Gasteiger partial charge in [-0.15, -0.1) is 0 Å². The van der Waals surface area contributed by atoms with E-state index < -0.39 is 0 Å². The summed E-state index contributed by atoms with van der Waals surface area (Å²) in [5, 5.41) is 1.11. The molecule has 0 saturated heterocycles. The number of para-hydroxylation sites is 1. The Kier molecular flexibility index (Phi) is 6.58. The lowest BCUT2D eigenvalue weighted by molar-refractivity contribution is -0.140. The van der Waals surface area contributed by atoms with E-state index in [1.165, 1.54) is 0 Å². The SMILES string of the molecule is CCOC(CCCCC(C)c1nc2ccccc2c2nc[nH]c12)OCC. The van der Waals surface area contributed by atoms with Gasteiger partial charge >= 0.3 is 0 Å². The van der Waals surface area contributed by atoms with Crippen molar-refractivity contribution in [2.45, 2.75) is 58.7 Å². The first kappa shape index (κ1) is 18.8. The van der Waals surface area contributed by atoms with Gasteiger partial charge in [-0.05, 0) is 39.2 Å². The van der Waals surface area contributed by atoms with Crippen molar-refractivity contribution >= 4 is 21.9 Å². The van der Waals surface area contributed by atoms with E-state index in [9.17, 15) is 0 Å². The molecule has 1 aromatic carbocycles. The number of ether oxygens (including phenoxy) is 2. The van der Waals surface area contributed by atoms with E-state index >= 15 is 0 Å². The maximum absolute atomic E-state index is 5.62. The van der Waals surface area contributed by atoms with Gasteiger partial charge in [0.05, 0.1) is 28.6 Å². The molecule has 3 rings (SSSR count). The molecule has 140 valence electrons. The molecule has 3 aromatic rings. The third kappa shape index (κ3) is 4.22. The van der Waals surface area contributed by atoms with Crippen molar-refractivity contribution in [2.75, 3.05) is 13.2 Å². The largest absolute Gasteiger partial charge is 0.353 e. The number of imidazole rings is 1. The van der Waals surface area contributed by atoms with Crippen LogP contribution in [0.2, 0.25) is 0 Å². The standard InChI is InChI=1S/C21H29N3O2/c1-4-25-18(26-5-2)13-9-6-10-15(3)19-21-20(22-14-23-21)16-11-7-8-12-17(16)24-19/h7-8,11-12,14-15,18H,4-6,9-10,13H2,1-3H3,(H,22,23). The molecule has 0 amide bonds. The highest BCUT2D eigenvalue weighted by Gasteiger charge is 2.16. The number of pyridine rings is 1. The Morgan fingerprint density at radius 1 is 1.04 bits per heavy atom. The van der Waals surface area contributed by atoms with E-state index in [2.05, 4.69) is 29.0 Å². The average Bonchev–Trinajstić information content (AvgIpc) is 3.14. The predicted octanol–water partition coefficient (Wildman–Crippen LogP) is 5.17. The van der Waals surface area contributed by atoms with Gasteiger partial charge in [0.25, 0.3) is 0 Å². The van der Waals surface area contributed by atoms with Crippen LogP contribution in [-0.4, -0.2) is 34.5 Å². The van der Waals surface area contributed by atoms with Gasteiger partial charge in [-0.25, -0.2) is 4.98 Å². The Labute approximate surface area is 155 Å². The van der Waals surface area contributed by atoms with E-state index in [0.717, 1.165) is 53.3 Å². The summed E-state index contributed by atoms with van der Waals surface area (Å²) in [6.07, 6.45) is 5.95. The molecule has 0 bridgehead atoms. The molecular weight excluding hydrogens is 326 g/mol. The highest BCUT2D eigenvalue weighted by molar-refractivity contribution is 6.02. The molecule has 2 heterocycles. The van der Waals surface area contributed by atoms with Crippen LogP contribution in [0.4, 0.5) is 0 Å². The lowest BCUT2D eigenvalue weighted by Crippen LogP contribution is -2.17. The van der Waals surface area contributed by atoms with Crippen LogP contribution in [-0.2, 0) is 9.47 Å². The third-order valence-corrected chi connectivity index (χ3v) is 4.79. The summed E-state index contributed by atoms with van der Waals surface area (Å²) in [5.74, 6) is 0.375. The molecule has 1 N–H and O–H groups in total. The number of hydrogen-bond acceptors (Lipinski definition) is 4. The maximum atomic E-state index is 5.62. The number of nitrogens with zero attached hydrogens (tertiary/aromatic N) is 2. The summed E-state index contributed by atoms with van der Waals surface area (Å²) in [4.78, 5) is 12.7. The summed E-state index contributed by atoms with van der Waals surface area (Å²) in [6.45, 7) is 7.66. The smallest absolute Gasteiger partial charge is 0.157 e. The van der Waals surface area contributed by atoms with Crippen LogP contribution in [0.3, 0.4) is 0 Å². The Morgan fingerprint density at radius 2 is 1.77 bits per heavy atom. The van der Waals surface area contributed by atoms with Gasteiger partial charge in [-0.3, -0.25) is 4.98 Å². The van der Waals surface area contributed by atoms with E-state index in [1.807, 2.05) is 26.0 Å². The quantitative estimate of drug-likeness (QED) is 0.402. The van der Waals surface area contributed by atoms with Crippen molar-refractivity contribution in [3.8, 4) is 0 Å². The van der Waals surface area contributed by atoms with Gasteiger partial charge in [0.1, 0.15) is 0 Å². The van der Waals surface area contributed by atoms with Crippen molar-refractivity contribution in [1.29, 1.82) is 0 Å². The Bertz CT molecular complexity index is 824. The number of H-pyrrole nitrogens is 1. The fourth-order valence-corrected chi connectivity index (χ4v) is 3.49. The number of rotatable bonds is 10. The number of fused-ring (bicyclic) bond motifs is 3. The van der Waals surface area contributed by atoms with Crippen molar-refractivity contribution in [3.63, 3.8) is 0 Å². The zero-order valence-electron chi connectivity index (χ0n) is 16.0. The van der Waals surface area contributed by atoms with Gasteiger partial charge < -0.3 is 14.5 Å². The molecule has 5 nitrogen and oxygen atoms in total. The average molecular weight is 355 g/mol. The van der Waals surface area contributed by atoms with Crippen LogP contribution < -0.4 is 0 Å². The summed E-state index contributed by atoms with van der Waals surface area (Å²) < 4.78 is 11.2. The van der Waals surface area contributed by atoms with Gasteiger partial charge in [-0.1, -0.05) is 31.5 Å². The monoisotopic (exact) mass is 355 g/mol. The normalized spacial score (nSPS) is 13.1. The second kappa shape index (κ2) is 9.10. The molecule has 0 aliphatic heterocycles. The second-order valence-corrected chi connectivity index (χ2v) is 6.67. The van der Waals surface area contributed by atoms with E-state index in [-0.39, 0.29) is 6.29 Å². The van der Waals surface area contributed by atoms with Crippen molar-refractivity contribution in [1.82, 2.24) is 15.0 Å². The van der Waals surface area contributed by atoms with Crippen molar-refractivity contribution < 1.29 is 9.47 Å². The maximum Gasteiger partial charge on any atom is 0.157 e. The summed E-state index contributed by atoms with van der Waals surface area (Å²) >= 11 is 0. The highest BCUT2D eigenvalue weighted by Crippen LogP contribution is 2.30. The van der Waals surface area contributed by atoms with Crippen LogP contribution in [0.25, 0.3) is 21.9 Å². The number of aromatic amines is 1. The van der Waals surface area contributed by atoms with Gasteiger partial charge in [0.15, 0.2) is 6.29 Å². The fraction of sp³-hybridized carbons (Fsp3) is 0.524. The molecule has 0 radical (unpaired) electrons. The molecule has 0 aliphatic carbocycles. The third-order valence-electron chi connectivity index (χ3n) is 4.79. The summed E-state index contributed by atoms with van der Waals surface area (Å²) in [5.41, 5.74) is 4.21. The lowest BCUT2D eigenvalue weighted by Gasteiger charge is -2.17. The molecular formula is C21H29N3O2. The molecule has 0 saturated carbocycles. The first-order valence-corrected chi connectivity index (χ1v) is 9.69. The zero-order valence-corrected chi connectivity index (χ0v) is 16.0. The van der Waals surface area contributed by atoms with Gasteiger partial charge in [0.2, 0.25) is 0 Å². The minimum absolute atomic E-state index is 0.0709. The number of nitrogens with one attached hydrogen (secondary N) is 1. The van der Waals surface area contributed by atoms with Crippen molar-refractivity contribution in [3.05, 3.63) is 36.3 Å². The number of benzene rings is 1. The predicted molar refractivity (Wildman–Crippen MR) is 105 cm³/mol. The van der Waals surface area contributed by atoms with E-state index in [0.29, 0.717) is 19.1 Å². The minimum atomic E-state index is -0.0709. The van der Waals surface area contributed by atoms with Gasteiger partial charge in [0, 0.05) is 24.5 Å². The first-order chi connectivity index (χ1) is 12.7. The Morgan fingerprint density at radius 3 is 2.54 bits per heavy atom.